The van der Waals surface area contributed by atoms with Gasteiger partial charge in [0.25, 0.3) is 0 Å². The van der Waals surface area contributed by atoms with Crippen LogP contribution in [0.3, 0.4) is 0 Å². The van der Waals surface area contributed by atoms with E-state index in [9.17, 15) is 4.79 Å². The van der Waals surface area contributed by atoms with Gasteiger partial charge in [-0.25, -0.2) is 4.79 Å². The molecule has 56 valence electrons. The van der Waals surface area contributed by atoms with Crippen LogP contribution in [0.5, 0.6) is 0 Å². The Morgan fingerprint density at radius 2 is 2.10 bits per heavy atom. The van der Waals surface area contributed by atoms with Gasteiger partial charge in [0.05, 0.1) is 6.61 Å². The summed E-state index contributed by atoms with van der Waals surface area (Å²) in [4.78, 5) is 10.2. The third-order valence-electron chi connectivity index (χ3n) is 0.511. The van der Waals surface area contributed by atoms with E-state index < -0.39 is 5.97 Å². The van der Waals surface area contributed by atoms with Crippen molar-refractivity contribution in [3.8, 4) is 0 Å². The molecule has 0 bridgehead atoms. The van der Waals surface area contributed by atoms with Crippen molar-refractivity contribution in [2.24, 2.45) is 5.73 Å². The topological polar surface area (TPSA) is 77.9 Å². The maximum Gasteiger partial charge on any atom is 0.385 e. The van der Waals surface area contributed by atoms with Crippen LogP contribution in [0, 0.1) is 0 Å². The summed E-state index contributed by atoms with van der Waals surface area (Å²) < 4.78 is 4.38. The number of carbonyl (C=O) groups excluding carboxylic acids is 1. The Morgan fingerprint density at radius 3 is 2.20 bits per heavy atom. The molecule has 0 aromatic heterocycles. The molecule has 0 rings (SSSR count). The van der Waals surface area contributed by atoms with Crippen molar-refractivity contribution in [3.05, 3.63) is 0 Å². The van der Waals surface area contributed by atoms with Crippen molar-refractivity contribution in [1.82, 2.24) is 0 Å². The zero-order valence-electron chi connectivity index (χ0n) is 6.26. The number of hydrogen-bond acceptors (Lipinski definition) is 3. The van der Waals surface area contributed by atoms with Gasteiger partial charge in [0, 0.05) is 0 Å². The molecule has 0 aliphatic carbocycles. The highest BCUT2D eigenvalue weighted by molar-refractivity contribution is 6.75. The smallest absolute Gasteiger partial charge is 0.385 e. The summed E-state index contributed by atoms with van der Waals surface area (Å²) >= 11 is 0. The predicted octanol–water partition coefficient (Wildman–Crippen LogP) is -2.55. The highest BCUT2D eigenvalue weighted by Gasteiger charge is 2.06. The lowest BCUT2D eigenvalue weighted by Crippen LogP contribution is -2.45. The van der Waals surface area contributed by atoms with Crippen LogP contribution >= 0.6 is 0 Å². The lowest BCUT2D eigenvalue weighted by atomic mass is 10.0. The average molecular weight is 143 g/mol. The molecular formula is C5H12BN2O2+. The van der Waals surface area contributed by atoms with Crippen LogP contribution in [0.15, 0.2) is 0 Å². The fourth-order valence-electron chi connectivity index (χ4n) is 0.214. The Labute approximate surface area is 61.7 Å². The molecule has 2 radical (unpaired) electrons. The van der Waals surface area contributed by atoms with Crippen LogP contribution < -0.4 is 11.1 Å². The average Bonchev–Trinajstić information content (AvgIpc) is 1.93. The summed E-state index contributed by atoms with van der Waals surface area (Å²) in [6.45, 7) is 1.98. The molecule has 0 heterocycles. The number of carbonyl (C=O) groups is 1. The summed E-state index contributed by atoms with van der Waals surface area (Å²) in [5.74, 6) is -0.646. The van der Waals surface area contributed by atoms with Crippen molar-refractivity contribution < 1.29 is 14.9 Å². The van der Waals surface area contributed by atoms with Crippen molar-refractivity contribution in [2.75, 3.05) is 13.7 Å². The molecular weight excluding hydrogens is 131 g/mol. The molecule has 0 aliphatic heterocycles. The van der Waals surface area contributed by atoms with E-state index in [0.717, 1.165) is 0 Å². The van der Waals surface area contributed by atoms with E-state index in [-0.39, 0.29) is 5.61 Å². The number of ether oxygens (including phenoxy) is 1. The zero-order valence-corrected chi connectivity index (χ0v) is 6.26. The molecule has 5 heteroatoms. The quantitative estimate of drug-likeness (QED) is 0.254. The predicted molar refractivity (Wildman–Crippen MR) is 39.4 cm³/mol. The fraction of sp³-hybridized carbons (Fsp3) is 0.600. The maximum absolute atomic E-state index is 10.2. The minimum Gasteiger partial charge on any atom is -0.459 e. The van der Waals surface area contributed by atoms with Gasteiger partial charge in [-0.2, -0.15) is 0 Å². The van der Waals surface area contributed by atoms with Gasteiger partial charge in [0.1, 0.15) is 0 Å². The van der Waals surface area contributed by atoms with E-state index >= 15 is 0 Å². The van der Waals surface area contributed by atoms with E-state index in [0.29, 0.717) is 6.61 Å². The van der Waals surface area contributed by atoms with Gasteiger partial charge in [-0.15, -0.1) is 0 Å². The van der Waals surface area contributed by atoms with Crippen LogP contribution in [-0.4, -0.2) is 33.1 Å². The van der Waals surface area contributed by atoms with E-state index in [4.69, 9.17) is 13.3 Å². The van der Waals surface area contributed by atoms with E-state index in [1.54, 1.807) is 6.92 Å². The van der Waals surface area contributed by atoms with E-state index in [1.807, 2.05) is 0 Å². The van der Waals surface area contributed by atoms with Crippen LogP contribution in [0.1, 0.15) is 6.92 Å². The number of nitrogens with two attached hydrogens (primary N) is 2. The molecule has 0 unspecified atom stereocenters. The number of rotatable bonds is 2. The second-order valence-electron chi connectivity index (χ2n) is 1.18. The Hall–Kier alpha value is -0.835. The van der Waals surface area contributed by atoms with Crippen LogP contribution in [0.4, 0.5) is 0 Å². The number of esters is 1. The molecule has 4 N–H and O–H groups in total. The lowest BCUT2D eigenvalue weighted by Gasteiger charge is -1.92. The third-order valence-corrected chi connectivity index (χ3v) is 0.511. The Bertz CT molecular complexity index is 116. The molecule has 0 amide bonds. The SMILES string of the molecule is CN.[B]C(=[NH2+])C(=O)OCC. The Morgan fingerprint density at radius 1 is 1.70 bits per heavy atom. The van der Waals surface area contributed by atoms with E-state index in [1.165, 1.54) is 7.05 Å². The molecule has 0 aromatic rings. The summed E-state index contributed by atoms with van der Waals surface area (Å²) in [6, 6.07) is 0. The molecule has 4 nitrogen and oxygen atoms in total. The van der Waals surface area contributed by atoms with Crippen molar-refractivity contribution in [2.45, 2.75) is 6.92 Å². The largest absolute Gasteiger partial charge is 0.459 e. The molecule has 0 saturated heterocycles. The fourth-order valence-corrected chi connectivity index (χ4v) is 0.214. The monoisotopic (exact) mass is 143 g/mol. The van der Waals surface area contributed by atoms with Gasteiger partial charge in [-0.3, -0.25) is 5.41 Å². The molecule has 0 saturated carbocycles. The van der Waals surface area contributed by atoms with Crippen LogP contribution in [0.2, 0.25) is 0 Å². The van der Waals surface area contributed by atoms with Gasteiger partial charge in [-0.05, 0) is 14.0 Å². The minimum absolute atomic E-state index is 0.299. The van der Waals surface area contributed by atoms with Gasteiger partial charge >= 0.3 is 5.97 Å². The lowest BCUT2D eigenvalue weighted by molar-refractivity contribution is -0.150. The highest BCUT2D eigenvalue weighted by Crippen LogP contribution is 1.72. The summed E-state index contributed by atoms with van der Waals surface area (Å²) in [5.41, 5.74) is 4.20. The third kappa shape index (κ3) is 7.16. The maximum atomic E-state index is 10.2. The van der Waals surface area contributed by atoms with Crippen molar-refractivity contribution in [3.63, 3.8) is 0 Å². The molecule has 0 atom stereocenters. The molecule has 10 heavy (non-hydrogen) atoms. The first kappa shape index (κ1) is 11.9. The first-order chi connectivity index (χ1) is 4.68. The number of hydrogen-bond donors (Lipinski definition) is 2. The molecule has 0 aromatic carbocycles. The second kappa shape index (κ2) is 8.16. The summed E-state index contributed by atoms with van der Waals surface area (Å²) in [5, 5.41) is 4.84. The Balaban J connectivity index is 0. The minimum atomic E-state index is -0.646. The van der Waals surface area contributed by atoms with Gasteiger partial charge in [0.15, 0.2) is 5.61 Å². The van der Waals surface area contributed by atoms with Crippen molar-refractivity contribution in [1.29, 1.82) is 0 Å². The Kier molecular flexibility index (Phi) is 9.72. The van der Waals surface area contributed by atoms with Crippen LogP contribution in [0.25, 0.3) is 0 Å². The second-order valence-corrected chi connectivity index (χ2v) is 1.18. The van der Waals surface area contributed by atoms with Gasteiger partial charge in [0.2, 0.25) is 7.85 Å². The standard InChI is InChI=1S/C4H6BNO2.CH5N/c1-2-8-4(7)3(5)6;1-2/h6H,2H2,1H3;2H2,1H3/p+1. The van der Waals surface area contributed by atoms with Crippen LogP contribution in [-0.2, 0) is 9.53 Å². The zero-order chi connectivity index (χ0) is 8.57. The van der Waals surface area contributed by atoms with Crippen molar-refractivity contribution >= 4 is 19.4 Å². The summed E-state index contributed by atoms with van der Waals surface area (Å²) in [6.07, 6.45) is 0. The highest BCUT2D eigenvalue weighted by atomic mass is 16.5. The first-order valence-electron chi connectivity index (χ1n) is 2.81. The van der Waals surface area contributed by atoms with E-state index in [2.05, 4.69) is 10.5 Å². The summed E-state index contributed by atoms with van der Waals surface area (Å²) in [7, 11) is 6.34. The first-order valence-corrected chi connectivity index (χ1v) is 2.81. The molecule has 0 aliphatic rings. The van der Waals surface area contributed by atoms with Gasteiger partial charge in [-0.1, -0.05) is 0 Å². The molecule has 0 fully saturated rings. The molecule has 0 spiro atoms. The van der Waals surface area contributed by atoms with Gasteiger partial charge < -0.3 is 10.5 Å². The normalized spacial score (nSPS) is 7.10.